The van der Waals surface area contributed by atoms with Gasteiger partial charge in [0.25, 0.3) is 0 Å². The maximum absolute atomic E-state index is 14.3. The monoisotopic (exact) mass is 366 g/mol. The van der Waals surface area contributed by atoms with Gasteiger partial charge in [-0.15, -0.1) is 0 Å². The SMILES string of the molecule is C[C@H](Nc1cc(-c2c[nH]c3ncc(Cl)nc23)ccc1F)c1ccccc1. The van der Waals surface area contributed by atoms with Crippen LogP contribution in [0.4, 0.5) is 10.1 Å². The Hall–Kier alpha value is -2.92. The Labute approximate surface area is 155 Å². The van der Waals surface area contributed by atoms with Gasteiger partial charge in [0.05, 0.1) is 11.9 Å². The van der Waals surface area contributed by atoms with Crippen molar-refractivity contribution >= 4 is 28.5 Å². The minimum atomic E-state index is -0.305. The minimum absolute atomic E-state index is 0.0295. The van der Waals surface area contributed by atoms with E-state index in [4.69, 9.17) is 11.6 Å². The summed E-state index contributed by atoms with van der Waals surface area (Å²) < 4.78 is 14.3. The fourth-order valence-electron chi connectivity index (χ4n) is 2.95. The molecule has 0 aliphatic carbocycles. The minimum Gasteiger partial charge on any atom is -0.376 e. The van der Waals surface area contributed by atoms with E-state index < -0.39 is 0 Å². The predicted molar refractivity (Wildman–Crippen MR) is 103 cm³/mol. The second-order valence-electron chi connectivity index (χ2n) is 6.06. The summed E-state index contributed by atoms with van der Waals surface area (Å²) in [6.07, 6.45) is 3.29. The molecule has 2 aromatic carbocycles. The van der Waals surface area contributed by atoms with E-state index in [9.17, 15) is 4.39 Å². The molecule has 4 aromatic rings. The molecule has 6 heteroatoms. The van der Waals surface area contributed by atoms with Crippen molar-refractivity contribution in [2.24, 2.45) is 0 Å². The van der Waals surface area contributed by atoms with E-state index in [0.29, 0.717) is 22.0 Å². The zero-order valence-electron chi connectivity index (χ0n) is 14.0. The van der Waals surface area contributed by atoms with Crippen LogP contribution >= 0.6 is 11.6 Å². The van der Waals surface area contributed by atoms with E-state index in [1.165, 1.54) is 12.3 Å². The summed E-state index contributed by atoms with van der Waals surface area (Å²) in [7, 11) is 0. The topological polar surface area (TPSA) is 53.6 Å². The molecule has 0 aliphatic rings. The van der Waals surface area contributed by atoms with Crippen molar-refractivity contribution in [1.29, 1.82) is 0 Å². The molecule has 26 heavy (non-hydrogen) atoms. The van der Waals surface area contributed by atoms with Gasteiger partial charge in [-0.3, -0.25) is 0 Å². The van der Waals surface area contributed by atoms with Crippen LogP contribution in [0, 0.1) is 5.82 Å². The second kappa shape index (κ2) is 6.77. The lowest BCUT2D eigenvalue weighted by molar-refractivity contribution is 0.627. The van der Waals surface area contributed by atoms with Gasteiger partial charge in [-0.05, 0) is 30.2 Å². The van der Waals surface area contributed by atoms with E-state index in [2.05, 4.69) is 20.3 Å². The fourth-order valence-corrected chi connectivity index (χ4v) is 3.08. The molecular formula is C20H16ClFN4. The van der Waals surface area contributed by atoms with Crippen LogP contribution in [-0.4, -0.2) is 15.0 Å². The van der Waals surface area contributed by atoms with Crippen LogP contribution < -0.4 is 5.32 Å². The molecule has 0 unspecified atom stereocenters. The first-order valence-electron chi connectivity index (χ1n) is 8.23. The molecule has 0 saturated carbocycles. The smallest absolute Gasteiger partial charge is 0.156 e. The van der Waals surface area contributed by atoms with E-state index in [-0.39, 0.29) is 11.9 Å². The third-order valence-corrected chi connectivity index (χ3v) is 4.48. The Morgan fingerprint density at radius 3 is 2.77 bits per heavy atom. The van der Waals surface area contributed by atoms with Gasteiger partial charge in [-0.1, -0.05) is 48.0 Å². The molecule has 0 amide bonds. The Bertz CT molecular complexity index is 1060. The average molecular weight is 367 g/mol. The number of halogens is 2. The van der Waals surface area contributed by atoms with Crippen molar-refractivity contribution in [3.8, 4) is 11.1 Å². The van der Waals surface area contributed by atoms with Crippen molar-refractivity contribution in [1.82, 2.24) is 15.0 Å². The Kier molecular flexibility index (Phi) is 4.31. The predicted octanol–water partition coefficient (Wildman–Crippen LogP) is 5.59. The summed E-state index contributed by atoms with van der Waals surface area (Å²) in [5.74, 6) is -0.305. The number of nitrogens with one attached hydrogen (secondary N) is 2. The molecule has 2 heterocycles. The average Bonchev–Trinajstić information content (AvgIpc) is 3.07. The Balaban J connectivity index is 1.71. The summed E-state index contributed by atoms with van der Waals surface area (Å²) in [5.41, 5.74) is 4.47. The number of hydrogen-bond acceptors (Lipinski definition) is 3. The molecule has 2 aromatic heterocycles. The lowest BCUT2D eigenvalue weighted by atomic mass is 10.1. The van der Waals surface area contributed by atoms with Crippen LogP contribution in [0.15, 0.2) is 60.9 Å². The van der Waals surface area contributed by atoms with Gasteiger partial charge in [0.1, 0.15) is 16.5 Å². The molecule has 0 spiro atoms. The lowest BCUT2D eigenvalue weighted by Crippen LogP contribution is -2.07. The summed E-state index contributed by atoms with van der Waals surface area (Å²) in [4.78, 5) is 11.6. The maximum Gasteiger partial charge on any atom is 0.156 e. The number of H-pyrrole nitrogens is 1. The maximum atomic E-state index is 14.3. The third kappa shape index (κ3) is 3.13. The summed E-state index contributed by atoms with van der Waals surface area (Å²) >= 11 is 5.97. The molecule has 0 bridgehead atoms. The first-order valence-corrected chi connectivity index (χ1v) is 8.60. The molecule has 0 fully saturated rings. The van der Waals surface area contributed by atoms with Crippen LogP contribution in [0.5, 0.6) is 0 Å². The van der Waals surface area contributed by atoms with E-state index in [0.717, 1.165) is 16.7 Å². The Morgan fingerprint density at radius 2 is 1.96 bits per heavy atom. The first-order chi connectivity index (χ1) is 12.6. The third-order valence-electron chi connectivity index (χ3n) is 4.30. The molecule has 4 nitrogen and oxygen atoms in total. The molecule has 0 saturated heterocycles. The zero-order chi connectivity index (χ0) is 18.1. The highest BCUT2D eigenvalue weighted by Gasteiger charge is 2.13. The normalized spacial score (nSPS) is 12.3. The molecule has 130 valence electrons. The number of benzene rings is 2. The van der Waals surface area contributed by atoms with Crippen LogP contribution in [0.1, 0.15) is 18.5 Å². The molecule has 4 rings (SSSR count). The first kappa shape index (κ1) is 16.5. The van der Waals surface area contributed by atoms with Gasteiger partial charge in [0.15, 0.2) is 5.65 Å². The van der Waals surface area contributed by atoms with Crippen molar-refractivity contribution < 1.29 is 4.39 Å². The molecule has 1 atom stereocenters. The highest BCUT2D eigenvalue weighted by molar-refractivity contribution is 6.29. The number of fused-ring (bicyclic) bond motifs is 1. The van der Waals surface area contributed by atoms with Crippen LogP contribution in [0.25, 0.3) is 22.3 Å². The number of hydrogen-bond donors (Lipinski definition) is 2. The molecule has 0 radical (unpaired) electrons. The van der Waals surface area contributed by atoms with Gasteiger partial charge in [0.2, 0.25) is 0 Å². The standard InChI is InChI=1S/C20H16ClFN4/c1-12(13-5-3-2-4-6-13)25-17-9-14(7-8-16(17)22)15-10-23-20-19(15)26-18(21)11-24-20/h2-12,25H,1H3,(H,23,24)/t12-/m0/s1. The number of rotatable bonds is 4. The van der Waals surface area contributed by atoms with Crippen molar-refractivity contribution in [2.75, 3.05) is 5.32 Å². The van der Waals surface area contributed by atoms with Crippen LogP contribution in [0.3, 0.4) is 0 Å². The van der Waals surface area contributed by atoms with E-state index >= 15 is 0 Å². The van der Waals surface area contributed by atoms with Gasteiger partial charge in [-0.2, -0.15) is 0 Å². The van der Waals surface area contributed by atoms with Crippen LogP contribution in [-0.2, 0) is 0 Å². The van der Waals surface area contributed by atoms with Gasteiger partial charge in [0, 0.05) is 17.8 Å². The summed E-state index contributed by atoms with van der Waals surface area (Å²) in [6, 6.07) is 14.8. The molecule has 0 aliphatic heterocycles. The Morgan fingerprint density at radius 1 is 1.15 bits per heavy atom. The van der Waals surface area contributed by atoms with Crippen molar-refractivity contribution in [3.63, 3.8) is 0 Å². The van der Waals surface area contributed by atoms with Gasteiger partial charge in [-0.25, -0.2) is 14.4 Å². The number of aromatic amines is 1. The quantitative estimate of drug-likeness (QED) is 0.495. The van der Waals surface area contributed by atoms with Crippen molar-refractivity contribution in [2.45, 2.75) is 13.0 Å². The van der Waals surface area contributed by atoms with Gasteiger partial charge < -0.3 is 10.3 Å². The van der Waals surface area contributed by atoms with Crippen molar-refractivity contribution in [3.05, 3.63) is 77.5 Å². The van der Waals surface area contributed by atoms with E-state index in [1.807, 2.05) is 37.3 Å². The molecular weight excluding hydrogens is 351 g/mol. The molecule has 2 N–H and O–H groups in total. The summed E-state index contributed by atoms with van der Waals surface area (Å²) in [5, 5.41) is 3.56. The fraction of sp³-hybridized carbons (Fsp3) is 0.100. The highest BCUT2D eigenvalue weighted by Crippen LogP contribution is 2.31. The lowest BCUT2D eigenvalue weighted by Gasteiger charge is -2.17. The zero-order valence-corrected chi connectivity index (χ0v) is 14.8. The van der Waals surface area contributed by atoms with Gasteiger partial charge >= 0.3 is 0 Å². The number of nitrogens with zero attached hydrogens (tertiary/aromatic N) is 2. The highest BCUT2D eigenvalue weighted by atomic mass is 35.5. The number of aromatic nitrogens is 3. The summed E-state index contributed by atoms with van der Waals surface area (Å²) in [6.45, 7) is 2.00. The van der Waals surface area contributed by atoms with Crippen LogP contribution in [0.2, 0.25) is 5.15 Å². The van der Waals surface area contributed by atoms with E-state index in [1.54, 1.807) is 18.3 Å². The number of anilines is 1. The largest absolute Gasteiger partial charge is 0.376 e. The second-order valence-corrected chi connectivity index (χ2v) is 6.45.